The number of carbonyl (C=O) groups excluding carboxylic acids is 2. The van der Waals surface area contributed by atoms with Gasteiger partial charge in [0.15, 0.2) is 0 Å². The van der Waals surface area contributed by atoms with Crippen LogP contribution in [-0.2, 0) is 16.0 Å². The van der Waals surface area contributed by atoms with E-state index in [1.807, 2.05) is 6.92 Å². The molecule has 92 valence electrons. The molecule has 0 aliphatic heterocycles. The zero-order valence-corrected chi connectivity index (χ0v) is 10.4. The number of esters is 1. The standard InChI is InChI=1S/C13H17NO3/c1-4-10(15)6-9-5-8(2)11(7-12(9)14)13(16)17-3/h5,7H,4,6,14H2,1-3H3. The van der Waals surface area contributed by atoms with Gasteiger partial charge in [-0.25, -0.2) is 4.79 Å². The number of methoxy groups -OCH3 is 1. The number of aryl methyl sites for hydroxylation is 1. The summed E-state index contributed by atoms with van der Waals surface area (Å²) in [6.45, 7) is 3.61. The fourth-order valence-electron chi connectivity index (χ4n) is 1.60. The lowest BCUT2D eigenvalue weighted by Crippen LogP contribution is -2.09. The number of anilines is 1. The molecule has 0 aromatic heterocycles. The van der Waals surface area contributed by atoms with E-state index in [9.17, 15) is 9.59 Å². The van der Waals surface area contributed by atoms with Crippen LogP contribution in [-0.4, -0.2) is 18.9 Å². The van der Waals surface area contributed by atoms with Crippen LogP contribution in [0.4, 0.5) is 5.69 Å². The minimum absolute atomic E-state index is 0.127. The van der Waals surface area contributed by atoms with Crippen LogP contribution in [0.5, 0.6) is 0 Å². The van der Waals surface area contributed by atoms with Crippen LogP contribution in [0.15, 0.2) is 12.1 Å². The molecule has 0 heterocycles. The molecular weight excluding hydrogens is 218 g/mol. The lowest BCUT2D eigenvalue weighted by Gasteiger charge is -2.10. The van der Waals surface area contributed by atoms with Gasteiger partial charge in [0.1, 0.15) is 5.78 Å². The predicted molar refractivity (Wildman–Crippen MR) is 65.9 cm³/mol. The second-order valence-corrected chi connectivity index (χ2v) is 3.93. The van der Waals surface area contributed by atoms with E-state index >= 15 is 0 Å². The molecule has 17 heavy (non-hydrogen) atoms. The molecule has 2 N–H and O–H groups in total. The van der Waals surface area contributed by atoms with Gasteiger partial charge in [-0.2, -0.15) is 0 Å². The minimum atomic E-state index is -0.414. The Morgan fingerprint density at radius 3 is 2.53 bits per heavy atom. The average Bonchev–Trinajstić information content (AvgIpc) is 2.32. The summed E-state index contributed by atoms with van der Waals surface area (Å²) < 4.78 is 4.65. The molecule has 4 nitrogen and oxygen atoms in total. The monoisotopic (exact) mass is 235 g/mol. The van der Waals surface area contributed by atoms with Crippen LogP contribution in [0, 0.1) is 6.92 Å². The van der Waals surface area contributed by atoms with Crippen molar-refractivity contribution in [3.05, 3.63) is 28.8 Å². The molecule has 0 aliphatic carbocycles. The highest BCUT2D eigenvalue weighted by atomic mass is 16.5. The second kappa shape index (κ2) is 5.48. The summed E-state index contributed by atoms with van der Waals surface area (Å²) in [5, 5.41) is 0. The molecule has 0 atom stereocenters. The van der Waals surface area contributed by atoms with Gasteiger partial charge in [-0.15, -0.1) is 0 Å². The average molecular weight is 235 g/mol. The lowest BCUT2D eigenvalue weighted by molar-refractivity contribution is -0.118. The first-order valence-electron chi connectivity index (χ1n) is 5.48. The number of benzene rings is 1. The second-order valence-electron chi connectivity index (χ2n) is 3.93. The van der Waals surface area contributed by atoms with Gasteiger partial charge < -0.3 is 10.5 Å². The topological polar surface area (TPSA) is 69.4 Å². The number of ether oxygens (including phenoxy) is 1. The molecule has 0 bridgehead atoms. The molecule has 0 radical (unpaired) electrons. The molecule has 4 heteroatoms. The highest BCUT2D eigenvalue weighted by Crippen LogP contribution is 2.20. The van der Waals surface area contributed by atoms with Crippen molar-refractivity contribution in [3.63, 3.8) is 0 Å². The Kier molecular flexibility index (Phi) is 4.26. The molecule has 0 saturated heterocycles. The van der Waals surface area contributed by atoms with Gasteiger partial charge in [0, 0.05) is 18.5 Å². The Labute approximate surface area is 101 Å². The fraction of sp³-hybridized carbons (Fsp3) is 0.385. The summed E-state index contributed by atoms with van der Waals surface area (Å²) in [5.74, 6) is -0.288. The Morgan fingerprint density at radius 1 is 1.35 bits per heavy atom. The quantitative estimate of drug-likeness (QED) is 0.639. The normalized spacial score (nSPS) is 10.1. The molecule has 0 amide bonds. The Bertz CT molecular complexity index is 452. The SMILES string of the molecule is CCC(=O)Cc1cc(C)c(C(=O)OC)cc1N. The molecule has 0 fully saturated rings. The molecular formula is C13H17NO3. The molecule has 1 aromatic carbocycles. The van der Waals surface area contributed by atoms with E-state index in [2.05, 4.69) is 4.74 Å². The van der Waals surface area contributed by atoms with Gasteiger partial charge in [0.2, 0.25) is 0 Å². The smallest absolute Gasteiger partial charge is 0.338 e. The van der Waals surface area contributed by atoms with E-state index in [0.717, 1.165) is 11.1 Å². The highest BCUT2D eigenvalue weighted by Gasteiger charge is 2.13. The van der Waals surface area contributed by atoms with Crippen LogP contribution in [0.3, 0.4) is 0 Å². The molecule has 1 aromatic rings. The summed E-state index contributed by atoms with van der Waals surface area (Å²) in [6, 6.07) is 3.34. The maximum atomic E-state index is 11.4. The third-order valence-corrected chi connectivity index (χ3v) is 2.67. The van der Waals surface area contributed by atoms with Gasteiger partial charge in [-0.05, 0) is 24.1 Å². The van der Waals surface area contributed by atoms with Crippen LogP contribution < -0.4 is 5.73 Å². The van der Waals surface area contributed by atoms with Gasteiger partial charge in [0.25, 0.3) is 0 Å². The number of hydrogen-bond acceptors (Lipinski definition) is 4. The zero-order chi connectivity index (χ0) is 13.0. The van der Waals surface area contributed by atoms with E-state index < -0.39 is 5.97 Å². The van der Waals surface area contributed by atoms with Crippen molar-refractivity contribution in [1.29, 1.82) is 0 Å². The number of hydrogen-bond donors (Lipinski definition) is 1. The minimum Gasteiger partial charge on any atom is -0.465 e. The molecule has 1 rings (SSSR count). The number of nitrogens with two attached hydrogens (primary N) is 1. The summed E-state index contributed by atoms with van der Waals surface area (Å²) >= 11 is 0. The molecule has 0 saturated carbocycles. The maximum Gasteiger partial charge on any atom is 0.338 e. The number of Topliss-reactive ketones (excluding diaryl/α,β-unsaturated/α-hetero) is 1. The van der Waals surface area contributed by atoms with Crippen molar-refractivity contribution in [2.24, 2.45) is 0 Å². The molecule has 0 unspecified atom stereocenters. The van der Waals surface area contributed by atoms with E-state index in [4.69, 9.17) is 5.73 Å². The number of rotatable bonds is 4. The van der Waals surface area contributed by atoms with E-state index in [0.29, 0.717) is 24.1 Å². The maximum absolute atomic E-state index is 11.4. The van der Waals surface area contributed by atoms with Crippen LogP contribution >= 0.6 is 0 Å². The first-order valence-corrected chi connectivity index (χ1v) is 5.48. The highest BCUT2D eigenvalue weighted by molar-refractivity contribution is 5.93. The summed E-state index contributed by atoms with van der Waals surface area (Å²) in [6.07, 6.45) is 0.794. The summed E-state index contributed by atoms with van der Waals surface area (Å²) in [4.78, 5) is 22.8. The zero-order valence-electron chi connectivity index (χ0n) is 10.4. The van der Waals surface area contributed by atoms with Crippen molar-refractivity contribution in [1.82, 2.24) is 0 Å². The third-order valence-electron chi connectivity index (χ3n) is 2.67. The first-order chi connectivity index (χ1) is 7.99. The fourth-order valence-corrected chi connectivity index (χ4v) is 1.60. The van der Waals surface area contributed by atoms with Crippen molar-refractivity contribution in [2.45, 2.75) is 26.7 Å². The van der Waals surface area contributed by atoms with Crippen molar-refractivity contribution in [2.75, 3.05) is 12.8 Å². The molecule has 0 spiro atoms. The third kappa shape index (κ3) is 3.06. The van der Waals surface area contributed by atoms with Gasteiger partial charge in [-0.3, -0.25) is 4.79 Å². The number of carbonyl (C=O) groups is 2. The largest absolute Gasteiger partial charge is 0.465 e. The Hall–Kier alpha value is -1.84. The number of nitrogen functional groups attached to an aromatic ring is 1. The Morgan fingerprint density at radius 2 is 2.00 bits per heavy atom. The Balaban J connectivity index is 3.09. The predicted octanol–water partition coefficient (Wildman–Crippen LogP) is 1.89. The van der Waals surface area contributed by atoms with Crippen molar-refractivity contribution >= 4 is 17.4 Å². The summed E-state index contributed by atoms with van der Waals surface area (Å²) in [7, 11) is 1.33. The van der Waals surface area contributed by atoms with Crippen molar-refractivity contribution in [3.8, 4) is 0 Å². The van der Waals surface area contributed by atoms with Crippen molar-refractivity contribution < 1.29 is 14.3 Å². The van der Waals surface area contributed by atoms with Crippen LogP contribution in [0.1, 0.15) is 34.8 Å². The van der Waals surface area contributed by atoms with Gasteiger partial charge in [-0.1, -0.05) is 13.0 Å². The van der Waals surface area contributed by atoms with Gasteiger partial charge in [0.05, 0.1) is 12.7 Å². The van der Waals surface area contributed by atoms with E-state index in [-0.39, 0.29) is 5.78 Å². The lowest BCUT2D eigenvalue weighted by atomic mass is 9.99. The number of ketones is 1. The van der Waals surface area contributed by atoms with Crippen LogP contribution in [0.2, 0.25) is 0 Å². The van der Waals surface area contributed by atoms with E-state index in [1.165, 1.54) is 7.11 Å². The summed E-state index contributed by atoms with van der Waals surface area (Å²) in [5.41, 5.74) is 8.26. The first kappa shape index (κ1) is 13.2. The molecule has 0 aliphatic rings. The van der Waals surface area contributed by atoms with Gasteiger partial charge >= 0.3 is 5.97 Å². The van der Waals surface area contributed by atoms with E-state index in [1.54, 1.807) is 19.1 Å². The van der Waals surface area contributed by atoms with Crippen LogP contribution in [0.25, 0.3) is 0 Å².